The molecule has 154 valence electrons. The third kappa shape index (κ3) is 5.30. The van der Waals surface area contributed by atoms with Crippen LogP contribution in [0.2, 0.25) is 0 Å². The number of ether oxygens (including phenoxy) is 4. The van der Waals surface area contributed by atoms with Crippen molar-refractivity contribution in [1.82, 2.24) is 0 Å². The molecule has 4 rings (SSSR count). The van der Waals surface area contributed by atoms with Crippen molar-refractivity contribution in [2.24, 2.45) is 0 Å². The van der Waals surface area contributed by atoms with E-state index in [0.717, 1.165) is 12.0 Å². The maximum absolute atomic E-state index is 6.29. The Labute approximate surface area is 177 Å². The number of rotatable bonds is 7. The number of hydrogen-bond donors (Lipinski definition) is 0. The van der Waals surface area contributed by atoms with Gasteiger partial charge in [-0.1, -0.05) is 66.4 Å². The molecular weight excluding hydrogens is 384 g/mol. The van der Waals surface area contributed by atoms with Crippen LogP contribution in [-0.2, 0) is 25.6 Å². The highest BCUT2D eigenvalue weighted by Crippen LogP contribution is 2.40. The third-order valence-electron chi connectivity index (χ3n) is 5.03. The molecule has 0 bridgehead atoms. The summed E-state index contributed by atoms with van der Waals surface area (Å²) < 4.78 is 24.5. The van der Waals surface area contributed by atoms with Crippen molar-refractivity contribution in [1.29, 1.82) is 0 Å². The highest BCUT2D eigenvalue weighted by molar-refractivity contribution is 8.03. The van der Waals surface area contributed by atoms with Crippen molar-refractivity contribution < 1.29 is 18.9 Å². The highest BCUT2D eigenvalue weighted by atomic mass is 32.2. The van der Waals surface area contributed by atoms with Gasteiger partial charge in [-0.25, -0.2) is 0 Å². The Morgan fingerprint density at radius 3 is 2.45 bits per heavy atom. The second-order valence-corrected chi connectivity index (χ2v) is 9.19. The van der Waals surface area contributed by atoms with Gasteiger partial charge in [0.15, 0.2) is 12.1 Å². The molecule has 0 unspecified atom stereocenters. The Morgan fingerprint density at radius 1 is 1.03 bits per heavy atom. The third-order valence-corrected chi connectivity index (χ3v) is 6.03. The molecular formula is C24H28O4S. The molecule has 0 radical (unpaired) electrons. The number of hydrogen-bond acceptors (Lipinski definition) is 5. The van der Waals surface area contributed by atoms with Gasteiger partial charge in [0.25, 0.3) is 0 Å². The van der Waals surface area contributed by atoms with Crippen LogP contribution in [0, 0.1) is 0 Å². The largest absolute Gasteiger partial charge is 0.368 e. The zero-order valence-corrected chi connectivity index (χ0v) is 17.9. The molecule has 0 aliphatic carbocycles. The lowest BCUT2D eigenvalue weighted by Gasteiger charge is -2.25. The van der Waals surface area contributed by atoms with E-state index in [1.807, 2.05) is 38.1 Å². The van der Waals surface area contributed by atoms with Gasteiger partial charge in [-0.2, -0.15) is 0 Å². The lowest BCUT2D eigenvalue weighted by Crippen LogP contribution is -2.36. The standard InChI is InChI=1S/C24H28O4S/c1-17(29-19-12-8-5-9-13-19)14-15-20-21(25-16-18-10-6-4-7-11-18)22-23(26-20)28-24(2,3)27-22/h4-14,20-23H,15-16H2,1-3H3/b17-14+/t20-,21+,22-,23-/m1/s1. The van der Waals surface area contributed by atoms with Crippen LogP contribution in [-0.4, -0.2) is 30.4 Å². The maximum atomic E-state index is 6.29. The van der Waals surface area contributed by atoms with Gasteiger partial charge in [0.1, 0.15) is 12.2 Å². The van der Waals surface area contributed by atoms with E-state index in [2.05, 4.69) is 49.4 Å². The molecule has 0 aromatic heterocycles. The Balaban J connectivity index is 1.42. The summed E-state index contributed by atoms with van der Waals surface area (Å²) in [5.74, 6) is -0.649. The van der Waals surface area contributed by atoms with Gasteiger partial charge in [-0.15, -0.1) is 0 Å². The average Bonchev–Trinajstić information content (AvgIpc) is 3.17. The van der Waals surface area contributed by atoms with Crippen LogP contribution in [0.15, 0.2) is 76.5 Å². The highest BCUT2D eigenvalue weighted by Gasteiger charge is 2.55. The monoisotopic (exact) mass is 412 g/mol. The van der Waals surface area contributed by atoms with Crippen LogP contribution in [0.5, 0.6) is 0 Å². The van der Waals surface area contributed by atoms with E-state index < -0.39 is 5.79 Å². The summed E-state index contributed by atoms with van der Waals surface area (Å²) in [5.41, 5.74) is 1.14. The Morgan fingerprint density at radius 2 is 1.72 bits per heavy atom. The normalized spacial score (nSPS) is 28.4. The van der Waals surface area contributed by atoms with Gasteiger partial charge < -0.3 is 18.9 Å². The number of benzene rings is 2. The molecule has 2 fully saturated rings. The van der Waals surface area contributed by atoms with Crippen LogP contribution < -0.4 is 0 Å². The SMILES string of the molecule is C/C(=C\C[C@H]1O[C@@H]2OC(C)(C)O[C@@H]2[C@H]1OCc1ccccc1)Sc1ccccc1. The summed E-state index contributed by atoms with van der Waals surface area (Å²) in [7, 11) is 0. The van der Waals surface area contributed by atoms with E-state index in [0.29, 0.717) is 6.61 Å². The van der Waals surface area contributed by atoms with Gasteiger partial charge in [0.2, 0.25) is 0 Å². The van der Waals surface area contributed by atoms with Gasteiger partial charge in [0, 0.05) is 4.90 Å². The summed E-state index contributed by atoms with van der Waals surface area (Å²) in [6, 6.07) is 20.6. The van der Waals surface area contributed by atoms with E-state index in [9.17, 15) is 0 Å². The first-order chi connectivity index (χ1) is 14.0. The van der Waals surface area contributed by atoms with Crippen molar-refractivity contribution in [3.63, 3.8) is 0 Å². The first kappa shape index (κ1) is 20.6. The zero-order valence-electron chi connectivity index (χ0n) is 17.1. The quantitative estimate of drug-likeness (QED) is 0.559. The molecule has 0 amide bonds. The smallest absolute Gasteiger partial charge is 0.190 e. The van der Waals surface area contributed by atoms with Gasteiger partial charge in [-0.3, -0.25) is 0 Å². The second kappa shape index (κ2) is 9.02. The summed E-state index contributed by atoms with van der Waals surface area (Å²) >= 11 is 1.76. The van der Waals surface area contributed by atoms with E-state index in [-0.39, 0.29) is 24.6 Å². The minimum atomic E-state index is -0.649. The first-order valence-electron chi connectivity index (χ1n) is 10.1. The van der Waals surface area contributed by atoms with Crippen LogP contribution in [0.4, 0.5) is 0 Å². The van der Waals surface area contributed by atoms with E-state index in [1.54, 1.807) is 11.8 Å². The lowest BCUT2D eigenvalue weighted by molar-refractivity contribution is -0.218. The fraction of sp³-hybridized carbons (Fsp3) is 0.417. The molecule has 29 heavy (non-hydrogen) atoms. The summed E-state index contributed by atoms with van der Waals surface area (Å²) in [5, 5.41) is 0. The van der Waals surface area contributed by atoms with Gasteiger partial charge in [-0.05, 0) is 49.8 Å². The molecule has 2 aliphatic rings. The zero-order chi connectivity index (χ0) is 20.3. The molecule has 2 heterocycles. The fourth-order valence-corrected chi connectivity index (χ4v) is 4.55. The number of allylic oxidation sites excluding steroid dienone is 1. The van der Waals surface area contributed by atoms with Gasteiger partial charge in [0.05, 0.1) is 12.7 Å². The predicted octanol–water partition coefficient (Wildman–Crippen LogP) is 5.53. The lowest BCUT2D eigenvalue weighted by atomic mass is 10.1. The molecule has 0 saturated carbocycles. The summed E-state index contributed by atoms with van der Waals surface area (Å²) in [6.45, 7) is 6.49. The van der Waals surface area contributed by atoms with Crippen LogP contribution in [0.3, 0.4) is 0 Å². The Bertz CT molecular complexity index is 821. The van der Waals surface area contributed by atoms with Crippen molar-refractivity contribution in [2.45, 2.75) is 69.1 Å². The fourth-order valence-electron chi connectivity index (χ4n) is 3.70. The molecule has 4 nitrogen and oxygen atoms in total. The van der Waals surface area contributed by atoms with Crippen molar-refractivity contribution in [3.8, 4) is 0 Å². The Hall–Kier alpha value is -1.63. The number of fused-ring (bicyclic) bond motifs is 1. The topological polar surface area (TPSA) is 36.9 Å². The van der Waals surface area contributed by atoms with E-state index in [4.69, 9.17) is 18.9 Å². The molecule has 2 saturated heterocycles. The van der Waals surface area contributed by atoms with Crippen molar-refractivity contribution in [2.75, 3.05) is 0 Å². The van der Waals surface area contributed by atoms with Gasteiger partial charge >= 0.3 is 0 Å². The predicted molar refractivity (Wildman–Crippen MR) is 114 cm³/mol. The van der Waals surface area contributed by atoms with E-state index in [1.165, 1.54) is 9.80 Å². The summed E-state index contributed by atoms with van der Waals surface area (Å²) in [6.07, 6.45) is 2.10. The minimum Gasteiger partial charge on any atom is -0.368 e. The van der Waals surface area contributed by atoms with Crippen LogP contribution in [0.25, 0.3) is 0 Å². The second-order valence-electron chi connectivity index (χ2n) is 7.87. The Kier molecular flexibility index (Phi) is 6.42. The number of thioether (sulfide) groups is 1. The molecule has 2 aromatic carbocycles. The molecule has 0 N–H and O–H groups in total. The molecule has 2 aliphatic heterocycles. The molecule has 0 spiro atoms. The molecule has 4 atom stereocenters. The first-order valence-corrected chi connectivity index (χ1v) is 10.9. The van der Waals surface area contributed by atoms with Crippen molar-refractivity contribution >= 4 is 11.8 Å². The van der Waals surface area contributed by atoms with Crippen LogP contribution in [0.1, 0.15) is 32.8 Å². The van der Waals surface area contributed by atoms with E-state index >= 15 is 0 Å². The molecule has 2 aromatic rings. The maximum Gasteiger partial charge on any atom is 0.190 e. The molecule has 5 heteroatoms. The minimum absolute atomic E-state index is 0.101. The average molecular weight is 413 g/mol. The summed E-state index contributed by atoms with van der Waals surface area (Å²) in [4.78, 5) is 2.47. The van der Waals surface area contributed by atoms with Crippen molar-refractivity contribution in [3.05, 3.63) is 77.2 Å². The van der Waals surface area contributed by atoms with Crippen LogP contribution >= 0.6 is 11.8 Å².